The third-order valence-electron chi connectivity index (χ3n) is 5.33. The van der Waals surface area contributed by atoms with E-state index in [0.717, 1.165) is 21.5 Å². The van der Waals surface area contributed by atoms with Gasteiger partial charge in [0.05, 0.1) is 12.5 Å². The fourth-order valence-electron chi connectivity index (χ4n) is 3.69. The van der Waals surface area contributed by atoms with Gasteiger partial charge in [-0.3, -0.25) is 9.59 Å². The number of carbonyl (C=O) groups is 2. The third kappa shape index (κ3) is 5.23. The molecule has 3 aromatic rings. The maximum absolute atomic E-state index is 12.6. The molecule has 0 radical (unpaired) electrons. The highest BCUT2D eigenvalue weighted by atomic mass is 35.5. The zero-order valence-electron chi connectivity index (χ0n) is 17.2. The van der Waals surface area contributed by atoms with Gasteiger partial charge >= 0.3 is 0 Å². The van der Waals surface area contributed by atoms with Crippen molar-refractivity contribution in [1.29, 1.82) is 0 Å². The summed E-state index contributed by atoms with van der Waals surface area (Å²) in [5.74, 6) is -0.587. The average molecular weight is 462 g/mol. The Balaban J connectivity index is 1.30. The second kappa shape index (κ2) is 9.76. The number of hydrogen-bond donors (Lipinski definition) is 2. The summed E-state index contributed by atoms with van der Waals surface area (Å²) in [6, 6.07) is 5.71. The minimum atomic E-state index is -0.388. The first-order chi connectivity index (χ1) is 15.0. The Labute approximate surface area is 188 Å². The molecule has 1 fully saturated rings. The van der Waals surface area contributed by atoms with Gasteiger partial charge in [-0.05, 0) is 37.1 Å². The maximum atomic E-state index is 12.6. The van der Waals surface area contributed by atoms with Crippen LogP contribution in [0.25, 0.3) is 10.9 Å². The molecule has 1 aliphatic rings. The number of fused-ring (bicyclic) bond motifs is 1. The van der Waals surface area contributed by atoms with Crippen molar-refractivity contribution in [3.8, 4) is 0 Å². The van der Waals surface area contributed by atoms with Crippen LogP contribution in [0.3, 0.4) is 0 Å². The Morgan fingerprint density at radius 1 is 1.39 bits per heavy atom. The van der Waals surface area contributed by atoms with Gasteiger partial charge in [0.25, 0.3) is 0 Å². The summed E-state index contributed by atoms with van der Waals surface area (Å²) >= 11 is 7.45. The summed E-state index contributed by atoms with van der Waals surface area (Å²) in [6.07, 6.45) is 3.52. The highest BCUT2D eigenvalue weighted by molar-refractivity contribution is 7.15. The molecular formula is C21H24ClN5O3S. The predicted molar refractivity (Wildman–Crippen MR) is 120 cm³/mol. The molecule has 1 aliphatic heterocycles. The summed E-state index contributed by atoms with van der Waals surface area (Å²) in [7, 11) is 0. The Morgan fingerprint density at radius 3 is 3.10 bits per heavy atom. The Bertz CT molecular complexity index is 1080. The number of amides is 2. The number of ether oxygens (including phenoxy) is 1. The zero-order chi connectivity index (χ0) is 21.8. The Morgan fingerprint density at radius 2 is 2.26 bits per heavy atom. The van der Waals surface area contributed by atoms with E-state index in [1.165, 1.54) is 11.3 Å². The molecule has 10 heteroatoms. The first kappa shape index (κ1) is 21.7. The molecule has 1 saturated heterocycles. The minimum Gasteiger partial charge on any atom is -0.381 e. The van der Waals surface area contributed by atoms with E-state index in [-0.39, 0.29) is 24.2 Å². The van der Waals surface area contributed by atoms with Crippen LogP contribution in [0, 0.1) is 5.92 Å². The Kier molecular flexibility index (Phi) is 6.84. The predicted octanol–water partition coefficient (Wildman–Crippen LogP) is 3.28. The van der Waals surface area contributed by atoms with Gasteiger partial charge in [0.15, 0.2) is 0 Å². The quantitative estimate of drug-likeness (QED) is 0.476. The summed E-state index contributed by atoms with van der Waals surface area (Å²) in [4.78, 5) is 30.1. The molecule has 3 heterocycles. The number of H-pyrrole nitrogens is 1. The lowest BCUT2D eigenvalue weighted by Gasteiger charge is -2.16. The van der Waals surface area contributed by atoms with Gasteiger partial charge in [-0.15, -0.1) is 10.2 Å². The van der Waals surface area contributed by atoms with Gasteiger partial charge < -0.3 is 19.9 Å². The second-order valence-corrected chi connectivity index (χ2v) is 8.93. The molecule has 0 aliphatic carbocycles. The van der Waals surface area contributed by atoms with E-state index >= 15 is 0 Å². The smallest absolute Gasteiger partial charge is 0.231 e. The van der Waals surface area contributed by atoms with E-state index < -0.39 is 0 Å². The van der Waals surface area contributed by atoms with Crippen LogP contribution in [-0.2, 0) is 27.2 Å². The number of halogens is 1. The number of nitrogens with one attached hydrogen (secondary N) is 2. The molecule has 2 amide bonds. The molecule has 4 rings (SSSR count). The number of aromatic nitrogens is 3. The van der Waals surface area contributed by atoms with Crippen molar-refractivity contribution in [2.24, 2.45) is 5.92 Å². The molecule has 8 nitrogen and oxygen atoms in total. The lowest BCUT2D eigenvalue weighted by Crippen LogP contribution is -2.30. The highest BCUT2D eigenvalue weighted by Gasteiger charge is 2.34. The standard InChI is InChI=1S/C21H24ClN5O3S/c1-2-30-8-6-18-25-26-21(31-18)24-20(29)14-9-19(28)27(12-14)7-5-13-11-23-17-4-3-15(22)10-16(13)17/h3-4,10-11,14,23H,2,5-9,12H2,1H3,(H,24,26,29)/t14-/m0/s1. The molecule has 0 unspecified atom stereocenters. The summed E-state index contributed by atoms with van der Waals surface area (Å²) in [5, 5.41) is 13.9. The summed E-state index contributed by atoms with van der Waals surface area (Å²) < 4.78 is 5.31. The van der Waals surface area contributed by atoms with Crippen molar-refractivity contribution >= 4 is 50.8 Å². The van der Waals surface area contributed by atoms with Gasteiger partial charge in [-0.2, -0.15) is 0 Å². The van der Waals surface area contributed by atoms with Crippen LogP contribution < -0.4 is 5.32 Å². The first-order valence-corrected chi connectivity index (χ1v) is 11.5. The van der Waals surface area contributed by atoms with Crippen LogP contribution in [0.4, 0.5) is 5.13 Å². The SMILES string of the molecule is CCOCCc1nnc(NC(=O)[C@H]2CC(=O)N(CCc3c[nH]c4ccc(Cl)cc34)C2)s1. The van der Waals surface area contributed by atoms with E-state index in [4.69, 9.17) is 16.3 Å². The molecule has 164 valence electrons. The van der Waals surface area contributed by atoms with Gasteiger partial charge in [0.2, 0.25) is 16.9 Å². The normalized spacial score (nSPS) is 16.4. The fraction of sp³-hybridized carbons (Fsp3) is 0.429. The first-order valence-electron chi connectivity index (χ1n) is 10.3. The molecule has 31 heavy (non-hydrogen) atoms. The molecule has 2 aromatic heterocycles. The van der Waals surface area contributed by atoms with Gasteiger partial charge in [-0.25, -0.2) is 0 Å². The molecule has 1 atom stereocenters. The lowest BCUT2D eigenvalue weighted by atomic mass is 10.1. The van der Waals surface area contributed by atoms with E-state index in [2.05, 4.69) is 20.5 Å². The number of aromatic amines is 1. The van der Waals surface area contributed by atoms with Crippen LogP contribution in [0.5, 0.6) is 0 Å². The van der Waals surface area contributed by atoms with E-state index in [9.17, 15) is 9.59 Å². The van der Waals surface area contributed by atoms with E-state index in [1.807, 2.05) is 31.3 Å². The van der Waals surface area contributed by atoms with E-state index in [0.29, 0.717) is 49.3 Å². The van der Waals surface area contributed by atoms with Gasteiger partial charge in [0, 0.05) is 54.7 Å². The van der Waals surface area contributed by atoms with Crippen LogP contribution in [0.2, 0.25) is 5.02 Å². The van der Waals surface area contributed by atoms with Crippen molar-refractivity contribution in [2.45, 2.75) is 26.2 Å². The summed E-state index contributed by atoms with van der Waals surface area (Å²) in [6.45, 7) is 4.14. The molecular weight excluding hydrogens is 438 g/mol. The van der Waals surface area contributed by atoms with Crippen molar-refractivity contribution in [1.82, 2.24) is 20.1 Å². The molecule has 0 bridgehead atoms. The second-order valence-electron chi connectivity index (χ2n) is 7.43. The largest absolute Gasteiger partial charge is 0.381 e. The summed E-state index contributed by atoms with van der Waals surface area (Å²) in [5.41, 5.74) is 2.12. The van der Waals surface area contributed by atoms with Crippen LogP contribution in [-0.4, -0.2) is 58.2 Å². The number of carbonyl (C=O) groups excluding carboxylic acids is 2. The number of rotatable bonds is 9. The fourth-order valence-corrected chi connectivity index (χ4v) is 4.59. The highest BCUT2D eigenvalue weighted by Crippen LogP contribution is 2.25. The van der Waals surface area contributed by atoms with Crippen LogP contribution >= 0.6 is 22.9 Å². The molecule has 2 N–H and O–H groups in total. The van der Waals surface area contributed by atoms with Crippen molar-refractivity contribution < 1.29 is 14.3 Å². The maximum Gasteiger partial charge on any atom is 0.231 e. The monoisotopic (exact) mass is 461 g/mol. The van der Waals surface area contributed by atoms with Crippen molar-refractivity contribution in [3.63, 3.8) is 0 Å². The molecule has 1 aromatic carbocycles. The number of hydrogen-bond acceptors (Lipinski definition) is 6. The van der Waals surface area contributed by atoms with Crippen molar-refractivity contribution in [3.05, 3.63) is 40.0 Å². The average Bonchev–Trinajstić information content (AvgIpc) is 3.45. The Hall–Kier alpha value is -2.49. The van der Waals surface area contributed by atoms with Crippen LogP contribution in [0.15, 0.2) is 24.4 Å². The molecule has 0 spiro atoms. The number of nitrogens with zero attached hydrogens (tertiary/aromatic N) is 3. The number of anilines is 1. The third-order valence-corrected chi connectivity index (χ3v) is 6.46. The topological polar surface area (TPSA) is 100 Å². The van der Waals surface area contributed by atoms with Crippen LogP contribution in [0.1, 0.15) is 23.9 Å². The molecule has 0 saturated carbocycles. The van der Waals surface area contributed by atoms with Crippen molar-refractivity contribution in [2.75, 3.05) is 31.6 Å². The minimum absolute atomic E-state index is 0.00677. The van der Waals surface area contributed by atoms with E-state index in [1.54, 1.807) is 4.90 Å². The van der Waals surface area contributed by atoms with Gasteiger partial charge in [-0.1, -0.05) is 22.9 Å². The zero-order valence-corrected chi connectivity index (χ0v) is 18.8. The number of likely N-dealkylation sites (tertiary alicyclic amines) is 1. The number of benzene rings is 1. The lowest BCUT2D eigenvalue weighted by molar-refractivity contribution is -0.128. The van der Waals surface area contributed by atoms with Gasteiger partial charge in [0.1, 0.15) is 5.01 Å².